The molecule has 4 heteroatoms. The molecule has 0 bridgehead atoms. The largest absolute Gasteiger partial charge is 0.381 e. The lowest BCUT2D eigenvalue weighted by atomic mass is 9.92. The van der Waals surface area contributed by atoms with Crippen molar-refractivity contribution in [1.29, 1.82) is 0 Å². The third-order valence-electron chi connectivity index (χ3n) is 4.19. The van der Waals surface area contributed by atoms with E-state index in [2.05, 4.69) is 30.3 Å². The predicted molar refractivity (Wildman–Crippen MR) is 76.9 cm³/mol. The topological polar surface area (TPSA) is 53.1 Å². The van der Waals surface area contributed by atoms with E-state index in [1.807, 2.05) is 12.5 Å². The molecule has 2 atom stereocenters. The molecule has 2 rings (SSSR count). The summed E-state index contributed by atoms with van der Waals surface area (Å²) in [5.74, 6) is 1.28. The second kappa shape index (κ2) is 6.53. The fourth-order valence-corrected chi connectivity index (χ4v) is 3.00. The van der Waals surface area contributed by atoms with E-state index in [0.717, 1.165) is 32.5 Å². The van der Waals surface area contributed by atoms with Gasteiger partial charge < -0.3 is 15.0 Å². The summed E-state index contributed by atoms with van der Waals surface area (Å²) in [5, 5.41) is 0. The summed E-state index contributed by atoms with van der Waals surface area (Å²) < 4.78 is 7.73. The molecule has 19 heavy (non-hydrogen) atoms. The van der Waals surface area contributed by atoms with Crippen LogP contribution in [0.15, 0.2) is 12.5 Å². The van der Waals surface area contributed by atoms with E-state index in [1.165, 1.54) is 5.69 Å². The molecule has 0 radical (unpaired) electrons. The quantitative estimate of drug-likeness (QED) is 0.890. The molecule has 0 aromatic carbocycles. The molecule has 1 aliphatic heterocycles. The summed E-state index contributed by atoms with van der Waals surface area (Å²) in [4.78, 5) is 4.32. The molecule has 108 valence electrons. The van der Waals surface area contributed by atoms with Gasteiger partial charge in [-0.1, -0.05) is 13.8 Å². The van der Waals surface area contributed by atoms with Gasteiger partial charge in [0.15, 0.2) is 0 Å². The van der Waals surface area contributed by atoms with E-state index in [4.69, 9.17) is 10.5 Å². The van der Waals surface area contributed by atoms with Crippen molar-refractivity contribution in [2.45, 2.75) is 52.1 Å². The van der Waals surface area contributed by atoms with Crippen molar-refractivity contribution in [3.05, 3.63) is 18.2 Å². The SMILES string of the molecule is CC(C)CC(N)c1cncn1C(C)C1CCOCC1. The van der Waals surface area contributed by atoms with Crippen molar-refractivity contribution >= 4 is 0 Å². The van der Waals surface area contributed by atoms with Crippen molar-refractivity contribution in [2.24, 2.45) is 17.6 Å². The summed E-state index contributed by atoms with van der Waals surface area (Å²) in [6.45, 7) is 8.47. The second-order valence-electron chi connectivity index (χ2n) is 6.15. The van der Waals surface area contributed by atoms with Crippen LogP contribution < -0.4 is 5.73 Å². The highest BCUT2D eigenvalue weighted by atomic mass is 16.5. The summed E-state index contributed by atoms with van der Waals surface area (Å²) in [5.41, 5.74) is 7.50. The molecule has 0 amide bonds. The molecule has 2 heterocycles. The number of hydrogen-bond donors (Lipinski definition) is 1. The van der Waals surface area contributed by atoms with Gasteiger partial charge in [0.2, 0.25) is 0 Å². The number of imidazole rings is 1. The highest BCUT2D eigenvalue weighted by Crippen LogP contribution is 2.30. The standard InChI is InChI=1S/C15H27N3O/c1-11(2)8-14(16)15-9-17-10-18(15)12(3)13-4-6-19-7-5-13/h9-14H,4-8,16H2,1-3H3. The molecule has 2 N–H and O–H groups in total. The van der Waals surface area contributed by atoms with E-state index in [1.54, 1.807) is 0 Å². The van der Waals surface area contributed by atoms with Crippen LogP contribution >= 0.6 is 0 Å². The number of ether oxygens (including phenoxy) is 1. The van der Waals surface area contributed by atoms with Gasteiger partial charge >= 0.3 is 0 Å². The van der Waals surface area contributed by atoms with E-state index < -0.39 is 0 Å². The van der Waals surface area contributed by atoms with E-state index >= 15 is 0 Å². The van der Waals surface area contributed by atoms with Crippen molar-refractivity contribution in [1.82, 2.24) is 9.55 Å². The number of nitrogens with zero attached hydrogens (tertiary/aromatic N) is 2. The second-order valence-corrected chi connectivity index (χ2v) is 6.15. The molecule has 1 aromatic heterocycles. The van der Waals surface area contributed by atoms with E-state index in [0.29, 0.717) is 17.9 Å². The predicted octanol–water partition coefficient (Wildman–Crippen LogP) is 2.92. The maximum atomic E-state index is 6.32. The van der Waals surface area contributed by atoms with Gasteiger partial charge in [-0.3, -0.25) is 0 Å². The first-order valence-electron chi connectivity index (χ1n) is 7.44. The molecule has 0 spiro atoms. The van der Waals surface area contributed by atoms with Gasteiger partial charge in [0.25, 0.3) is 0 Å². The van der Waals surface area contributed by atoms with Gasteiger partial charge in [0, 0.05) is 31.5 Å². The van der Waals surface area contributed by atoms with Crippen LogP contribution in [0.5, 0.6) is 0 Å². The van der Waals surface area contributed by atoms with E-state index in [-0.39, 0.29) is 6.04 Å². The van der Waals surface area contributed by atoms with Crippen molar-refractivity contribution in [3.8, 4) is 0 Å². The summed E-state index contributed by atoms with van der Waals surface area (Å²) in [6, 6.07) is 0.546. The van der Waals surface area contributed by atoms with Crippen molar-refractivity contribution in [3.63, 3.8) is 0 Å². The minimum atomic E-state index is 0.0878. The number of rotatable bonds is 5. The van der Waals surface area contributed by atoms with Crippen LogP contribution in [-0.2, 0) is 4.74 Å². The van der Waals surface area contributed by atoms with Gasteiger partial charge in [-0.25, -0.2) is 4.98 Å². The van der Waals surface area contributed by atoms with Gasteiger partial charge in [-0.2, -0.15) is 0 Å². The first-order valence-corrected chi connectivity index (χ1v) is 7.44. The fraction of sp³-hybridized carbons (Fsp3) is 0.800. The number of hydrogen-bond acceptors (Lipinski definition) is 3. The van der Waals surface area contributed by atoms with Crippen LogP contribution in [0.1, 0.15) is 57.8 Å². The Morgan fingerprint density at radius 1 is 1.37 bits per heavy atom. The molecule has 0 saturated carbocycles. The van der Waals surface area contributed by atoms with Gasteiger partial charge in [-0.05, 0) is 38.0 Å². The Hall–Kier alpha value is -0.870. The maximum absolute atomic E-state index is 6.32. The Kier molecular flexibility index (Phi) is 4.99. The highest BCUT2D eigenvalue weighted by Gasteiger charge is 2.24. The van der Waals surface area contributed by atoms with Crippen molar-refractivity contribution < 1.29 is 4.74 Å². The first kappa shape index (κ1) is 14.5. The molecular formula is C15H27N3O. The zero-order valence-electron chi connectivity index (χ0n) is 12.4. The summed E-state index contributed by atoms with van der Waals surface area (Å²) in [6.07, 6.45) is 7.15. The minimum Gasteiger partial charge on any atom is -0.381 e. The molecule has 1 saturated heterocycles. The number of aromatic nitrogens is 2. The van der Waals surface area contributed by atoms with E-state index in [9.17, 15) is 0 Å². The minimum absolute atomic E-state index is 0.0878. The number of nitrogens with two attached hydrogens (primary N) is 1. The summed E-state index contributed by atoms with van der Waals surface area (Å²) >= 11 is 0. The van der Waals surface area contributed by atoms with Crippen LogP contribution in [0, 0.1) is 11.8 Å². The van der Waals surface area contributed by atoms with Gasteiger partial charge in [0.1, 0.15) is 0 Å². The van der Waals surface area contributed by atoms with Crippen LogP contribution in [-0.4, -0.2) is 22.8 Å². The lowest BCUT2D eigenvalue weighted by Crippen LogP contribution is -2.26. The molecule has 1 aliphatic rings. The zero-order valence-corrected chi connectivity index (χ0v) is 12.4. The average Bonchev–Trinajstić information content (AvgIpc) is 2.87. The van der Waals surface area contributed by atoms with Gasteiger partial charge in [-0.15, -0.1) is 0 Å². The highest BCUT2D eigenvalue weighted by molar-refractivity contribution is 5.06. The van der Waals surface area contributed by atoms with Crippen LogP contribution in [0.2, 0.25) is 0 Å². The molecule has 1 aromatic rings. The zero-order chi connectivity index (χ0) is 13.8. The van der Waals surface area contributed by atoms with Gasteiger partial charge in [0.05, 0.1) is 12.0 Å². The third-order valence-corrected chi connectivity index (χ3v) is 4.19. The lowest BCUT2D eigenvalue weighted by Gasteiger charge is -2.30. The lowest BCUT2D eigenvalue weighted by molar-refractivity contribution is 0.0508. The van der Waals surface area contributed by atoms with Crippen LogP contribution in [0.25, 0.3) is 0 Å². The fourth-order valence-electron chi connectivity index (χ4n) is 3.00. The monoisotopic (exact) mass is 265 g/mol. The molecular weight excluding hydrogens is 238 g/mol. The summed E-state index contributed by atoms with van der Waals surface area (Å²) in [7, 11) is 0. The van der Waals surface area contributed by atoms with Crippen molar-refractivity contribution in [2.75, 3.05) is 13.2 Å². The van der Waals surface area contributed by atoms with Crippen LogP contribution in [0.3, 0.4) is 0 Å². The normalized spacial score (nSPS) is 20.7. The molecule has 2 unspecified atom stereocenters. The smallest absolute Gasteiger partial charge is 0.0951 e. The third kappa shape index (κ3) is 3.57. The average molecular weight is 265 g/mol. The maximum Gasteiger partial charge on any atom is 0.0951 e. The molecule has 4 nitrogen and oxygen atoms in total. The van der Waals surface area contributed by atoms with Crippen LogP contribution in [0.4, 0.5) is 0 Å². The molecule has 0 aliphatic carbocycles. The Balaban J connectivity index is 2.09. The Bertz CT molecular complexity index is 382. The first-order chi connectivity index (χ1) is 9.09. The molecule has 1 fully saturated rings. The Labute approximate surface area is 116 Å². The Morgan fingerprint density at radius 2 is 2.05 bits per heavy atom. The Morgan fingerprint density at radius 3 is 2.68 bits per heavy atom.